The van der Waals surface area contributed by atoms with Crippen molar-refractivity contribution in [2.75, 3.05) is 39.8 Å². The topological polar surface area (TPSA) is 52.7 Å². The number of hydrogen-bond acceptors (Lipinski definition) is 3. The van der Waals surface area contributed by atoms with Crippen LogP contribution in [0.25, 0.3) is 0 Å². The average Bonchev–Trinajstić information content (AvgIpc) is 2.39. The maximum Gasteiger partial charge on any atom is 0.233 e. The van der Waals surface area contributed by atoms with Crippen LogP contribution < -0.4 is 5.32 Å². The zero-order chi connectivity index (χ0) is 13.5. The third-order valence-corrected chi connectivity index (χ3v) is 3.47. The Labute approximate surface area is 110 Å². The van der Waals surface area contributed by atoms with E-state index in [2.05, 4.69) is 17.1 Å². The third-order valence-electron chi connectivity index (χ3n) is 3.47. The predicted octanol–water partition coefficient (Wildman–Crippen LogP) is 0.313. The number of carbonyl (C=O) groups is 2. The first-order chi connectivity index (χ1) is 8.58. The molecule has 1 aliphatic rings. The van der Waals surface area contributed by atoms with Crippen molar-refractivity contribution >= 4 is 11.8 Å². The number of carbonyl (C=O) groups excluding carboxylic acids is 2. The Morgan fingerprint density at radius 3 is 2.33 bits per heavy atom. The van der Waals surface area contributed by atoms with E-state index in [1.54, 1.807) is 7.05 Å². The fourth-order valence-corrected chi connectivity index (χ4v) is 2.28. The quantitative estimate of drug-likeness (QED) is 0.769. The van der Waals surface area contributed by atoms with E-state index in [0.717, 1.165) is 39.0 Å². The van der Waals surface area contributed by atoms with E-state index in [-0.39, 0.29) is 17.7 Å². The standard InChI is InChI=1S/C13H25N3O2/c1-4-5-11(2)13(18)16-8-6-15(7-9-16)10-12(17)14-3/h11H,4-10H2,1-3H3,(H,14,17). The van der Waals surface area contributed by atoms with Crippen LogP contribution in [0.1, 0.15) is 26.7 Å². The fourth-order valence-electron chi connectivity index (χ4n) is 2.28. The number of nitrogens with one attached hydrogen (secondary N) is 1. The van der Waals surface area contributed by atoms with Crippen LogP contribution in [-0.2, 0) is 9.59 Å². The van der Waals surface area contributed by atoms with Gasteiger partial charge in [-0.3, -0.25) is 14.5 Å². The van der Waals surface area contributed by atoms with E-state index in [9.17, 15) is 9.59 Å². The van der Waals surface area contributed by atoms with Crippen LogP contribution in [0.15, 0.2) is 0 Å². The molecule has 0 radical (unpaired) electrons. The molecule has 0 bridgehead atoms. The molecule has 1 heterocycles. The minimum atomic E-state index is 0.0362. The molecule has 5 heteroatoms. The number of piperazine rings is 1. The molecular weight excluding hydrogens is 230 g/mol. The van der Waals surface area contributed by atoms with Gasteiger partial charge in [-0.15, -0.1) is 0 Å². The molecule has 0 aromatic carbocycles. The van der Waals surface area contributed by atoms with Gasteiger partial charge in [0.2, 0.25) is 11.8 Å². The molecule has 18 heavy (non-hydrogen) atoms. The molecule has 1 fully saturated rings. The summed E-state index contributed by atoms with van der Waals surface area (Å²) in [5.74, 6) is 0.422. The van der Waals surface area contributed by atoms with Crippen molar-refractivity contribution in [1.29, 1.82) is 0 Å². The Balaban J connectivity index is 2.34. The van der Waals surface area contributed by atoms with Gasteiger partial charge in [-0.2, -0.15) is 0 Å². The molecule has 0 spiro atoms. The van der Waals surface area contributed by atoms with Crippen LogP contribution in [-0.4, -0.2) is 61.4 Å². The highest BCUT2D eigenvalue weighted by atomic mass is 16.2. The summed E-state index contributed by atoms with van der Waals surface area (Å²) < 4.78 is 0. The van der Waals surface area contributed by atoms with Gasteiger partial charge in [-0.1, -0.05) is 20.3 Å². The lowest BCUT2D eigenvalue weighted by atomic mass is 10.0. The molecule has 1 atom stereocenters. The van der Waals surface area contributed by atoms with Gasteiger partial charge >= 0.3 is 0 Å². The Morgan fingerprint density at radius 1 is 1.22 bits per heavy atom. The summed E-state index contributed by atoms with van der Waals surface area (Å²) in [5, 5.41) is 2.62. The van der Waals surface area contributed by atoms with Gasteiger partial charge in [0.25, 0.3) is 0 Å². The zero-order valence-electron chi connectivity index (χ0n) is 11.7. The van der Waals surface area contributed by atoms with Gasteiger partial charge in [-0.05, 0) is 6.42 Å². The van der Waals surface area contributed by atoms with Crippen molar-refractivity contribution in [2.45, 2.75) is 26.7 Å². The SMILES string of the molecule is CCCC(C)C(=O)N1CCN(CC(=O)NC)CC1. The zero-order valence-corrected chi connectivity index (χ0v) is 11.7. The van der Waals surface area contributed by atoms with Gasteiger partial charge in [0.15, 0.2) is 0 Å². The minimum Gasteiger partial charge on any atom is -0.358 e. The number of hydrogen-bond donors (Lipinski definition) is 1. The Hall–Kier alpha value is -1.10. The lowest BCUT2D eigenvalue weighted by molar-refractivity contribution is -0.137. The first-order valence-corrected chi connectivity index (χ1v) is 6.80. The van der Waals surface area contributed by atoms with Crippen molar-refractivity contribution in [3.8, 4) is 0 Å². The molecule has 1 aliphatic heterocycles. The Kier molecular flexibility index (Phi) is 6.12. The first kappa shape index (κ1) is 15.0. The van der Waals surface area contributed by atoms with Crippen LogP contribution in [0.4, 0.5) is 0 Å². The summed E-state index contributed by atoms with van der Waals surface area (Å²) >= 11 is 0. The third kappa shape index (κ3) is 4.29. The Morgan fingerprint density at radius 2 is 1.83 bits per heavy atom. The molecule has 1 rings (SSSR count). The molecule has 2 amide bonds. The lowest BCUT2D eigenvalue weighted by Crippen LogP contribution is -2.51. The molecule has 0 aliphatic carbocycles. The number of rotatable bonds is 5. The van der Waals surface area contributed by atoms with Gasteiger partial charge in [0.05, 0.1) is 6.54 Å². The number of likely N-dealkylation sites (N-methyl/N-ethyl adjacent to an activating group) is 1. The highest BCUT2D eigenvalue weighted by Crippen LogP contribution is 2.11. The summed E-state index contributed by atoms with van der Waals surface area (Å²) in [5.41, 5.74) is 0. The lowest BCUT2D eigenvalue weighted by Gasteiger charge is -2.35. The molecule has 1 saturated heterocycles. The van der Waals surface area contributed by atoms with Crippen molar-refractivity contribution in [2.24, 2.45) is 5.92 Å². The summed E-state index contributed by atoms with van der Waals surface area (Å²) in [4.78, 5) is 27.4. The minimum absolute atomic E-state index is 0.0362. The van der Waals surface area contributed by atoms with E-state index < -0.39 is 0 Å². The van der Waals surface area contributed by atoms with Crippen molar-refractivity contribution in [1.82, 2.24) is 15.1 Å². The van der Waals surface area contributed by atoms with Crippen LogP contribution in [0.2, 0.25) is 0 Å². The molecule has 1 N–H and O–H groups in total. The molecule has 0 saturated carbocycles. The van der Waals surface area contributed by atoms with E-state index in [1.807, 2.05) is 11.8 Å². The molecule has 1 unspecified atom stereocenters. The number of amides is 2. The normalized spacial score (nSPS) is 18.5. The smallest absolute Gasteiger partial charge is 0.233 e. The van der Waals surface area contributed by atoms with Crippen LogP contribution >= 0.6 is 0 Å². The highest BCUT2D eigenvalue weighted by molar-refractivity contribution is 5.79. The molecular formula is C13H25N3O2. The summed E-state index contributed by atoms with van der Waals surface area (Å²) in [6.45, 7) is 7.60. The van der Waals surface area contributed by atoms with Gasteiger partial charge in [-0.25, -0.2) is 0 Å². The van der Waals surface area contributed by atoms with E-state index in [4.69, 9.17) is 0 Å². The monoisotopic (exact) mass is 255 g/mol. The summed E-state index contributed by atoms with van der Waals surface area (Å²) in [7, 11) is 1.65. The largest absolute Gasteiger partial charge is 0.358 e. The first-order valence-electron chi connectivity index (χ1n) is 6.80. The van der Waals surface area contributed by atoms with Crippen molar-refractivity contribution < 1.29 is 9.59 Å². The van der Waals surface area contributed by atoms with Crippen LogP contribution in [0, 0.1) is 5.92 Å². The van der Waals surface area contributed by atoms with E-state index in [1.165, 1.54) is 0 Å². The maximum absolute atomic E-state index is 12.1. The average molecular weight is 255 g/mol. The number of nitrogens with zero attached hydrogens (tertiary/aromatic N) is 2. The van der Waals surface area contributed by atoms with Crippen LogP contribution in [0.5, 0.6) is 0 Å². The molecule has 0 aromatic heterocycles. The van der Waals surface area contributed by atoms with Gasteiger partial charge in [0, 0.05) is 39.1 Å². The summed E-state index contributed by atoms with van der Waals surface area (Å²) in [6, 6.07) is 0. The van der Waals surface area contributed by atoms with Crippen LogP contribution in [0.3, 0.4) is 0 Å². The Bertz CT molecular complexity index is 286. The molecule has 5 nitrogen and oxygen atoms in total. The van der Waals surface area contributed by atoms with E-state index in [0.29, 0.717) is 6.54 Å². The maximum atomic E-state index is 12.1. The highest BCUT2D eigenvalue weighted by Gasteiger charge is 2.24. The fraction of sp³-hybridized carbons (Fsp3) is 0.846. The summed E-state index contributed by atoms with van der Waals surface area (Å²) in [6.07, 6.45) is 2.00. The second kappa shape index (κ2) is 7.36. The van der Waals surface area contributed by atoms with E-state index >= 15 is 0 Å². The molecule has 0 aromatic rings. The second-order valence-electron chi connectivity index (χ2n) is 4.96. The van der Waals surface area contributed by atoms with Gasteiger partial charge < -0.3 is 10.2 Å². The predicted molar refractivity (Wildman–Crippen MR) is 71.2 cm³/mol. The molecule has 104 valence electrons. The second-order valence-corrected chi connectivity index (χ2v) is 4.96. The van der Waals surface area contributed by atoms with Crippen molar-refractivity contribution in [3.63, 3.8) is 0 Å². The van der Waals surface area contributed by atoms with Gasteiger partial charge in [0.1, 0.15) is 0 Å². The van der Waals surface area contributed by atoms with Crippen molar-refractivity contribution in [3.05, 3.63) is 0 Å².